The third-order valence-electron chi connectivity index (χ3n) is 2.32. The van der Waals surface area contributed by atoms with E-state index < -0.39 is 5.97 Å². The molecule has 104 valence electrons. The standard InChI is InChI=1S/C14H14N2O4/c1-9(2)19-11-4-3-6-16-13(11)20-12-8-15-7-5-10(12)14(17)18/h3-9H,1-2H3,(H,17,18). The molecule has 0 atom stereocenters. The summed E-state index contributed by atoms with van der Waals surface area (Å²) < 4.78 is 11.1. The van der Waals surface area contributed by atoms with Gasteiger partial charge in [-0.15, -0.1) is 0 Å². The summed E-state index contributed by atoms with van der Waals surface area (Å²) >= 11 is 0. The Hall–Kier alpha value is -2.63. The van der Waals surface area contributed by atoms with Crippen molar-refractivity contribution in [2.24, 2.45) is 0 Å². The molecule has 0 aliphatic heterocycles. The van der Waals surface area contributed by atoms with Gasteiger partial charge in [-0.2, -0.15) is 0 Å². The van der Waals surface area contributed by atoms with Crippen molar-refractivity contribution in [3.63, 3.8) is 0 Å². The lowest BCUT2D eigenvalue weighted by molar-refractivity contribution is 0.0693. The van der Waals surface area contributed by atoms with Gasteiger partial charge in [0.15, 0.2) is 11.5 Å². The maximum atomic E-state index is 11.1. The van der Waals surface area contributed by atoms with Gasteiger partial charge in [0, 0.05) is 12.4 Å². The normalized spacial score (nSPS) is 10.3. The fourth-order valence-corrected chi connectivity index (χ4v) is 1.54. The fourth-order valence-electron chi connectivity index (χ4n) is 1.54. The molecule has 2 aromatic heterocycles. The summed E-state index contributed by atoms with van der Waals surface area (Å²) in [6, 6.07) is 4.79. The number of nitrogens with zero attached hydrogens (tertiary/aromatic N) is 2. The van der Waals surface area contributed by atoms with Crippen molar-refractivity contribution in [2.75, 3.05) is 0 Å². The van der Waals surface area contributed by atoms with Gasteiger partial charge < -0.3 is 14.6 Å². The predicted molar refractivity (Wildman–Crippen MR) is 71.3 cm³/mol. The highest BCUT2D eigenvalue weighted by molar-refractivity contribution is 5.90. The lowest BCUT2D eigenvalue weighted by Crippen LogP contribution is -2.07. The van der Waals surface area contributed by atoms with Crippen molar-refractivity contribution in [1.82, 2.24) is 9.97 Å². The van der Waals surface area contributed by atoms with E-state index in [4.69, 9.17) is 14.6 Å². The Morgan fingerprint density at radius 2 is 2.05 bits per heavy atom. The van der Waals surface area contributed by atoms with E-state index in [1.165, 1.54) is 18.5 Å². The summed E-state index contributed by atoms with van der Waals surface area (Å²) in [5.74, 6) is -0.323. The molecular formula is C14H14N2O4. The summed E-state index contributed by atoms with van der Waals surface area (Å²) in [7, 11) is 0. The number of hydrogen-bond acceptors (Lipinski definition) is 5. The molecule has 2 aromatic rings. The van der Waals surface area contributed by atoms with Gasteiger partial charge in [-0.05, 0) is 32.0 Å². The zero-order valence-corrected chi connectivity index (χ0v) is 11.1. The summed E-state index contributed by atoms with van der Waals surface area (Å²) in [5.41, 5.74) is 0.0150. The highest BCUT2D eigenvalue weighted by Crippen LogP contribution is 2.30. The van der Waals surface area contributed by atoms with E-state index in [-0.39, 0.29) is 23.3 Å². The number of aromatic nitrogens is 2. The molecule has 0 saturated heterocycles. The first-order valence-electron chi connectivity index (χ1n) is 6.04. The van der Waals surface area contributed by atoms with Crippen molar-refractivity contribution in [3.8, 4) is 17.4 Å². The molecule has 1 N–H and O–H groups in total. The van der Waals surface area contributed by atoms with Gasteiger partial charge in [-0.3, -0.25) is 4.98 Å². The number of hydrogen-bond donors (Lipinski definition) is 1. The summed E-state index contributed by atoms with van der Waals surface area (Å²) in [6.45, 7) is 3.76. The van der Waals surface area contributed by atoms with Gasteiger partial charge in [0.1, 0.15) is 5.56 Å². The maximum absolute atomic E-state index is 11.1. The Morgan fingerprint density at radius 1 is 1.25 bits per heavy atom. The van der Waals surface area contributed by atoms with Crippen molar-refractivity contribution in [1.29, 1.82) is 0 Å². The Morgan fingerprint density at radius 3 is 2.75 bits per heavy atom. The molecule has 0 fully saturated rings. The van der Waals surface area contributed by atoms with Crippen LogP contribution in [0.2, 0.25) is 0 Å². The maximum Gasteiger partial charge on any atom is 0.339 e. The molecule has 0 spiro atoms. The van der Waals surface area contributed by atoms with Crippen molar-refractivity contribution >= 4 is 5.97 Å². The van der Waals surface area contributed by atoms with E-state index in [1.807, 2.05) is 13.8 Å². The Balaban J connectivity index is 2.33. The molecule has 0 aliphatic rings. The lowest BCUT2D eigenvalue weighted by atomic mass is 10.2. The van der Waals surface area contributed by atoms with E-state index >= 15 is 0 Å². The van der Waals surface area contributed by atoms with Crippen LogP contribution in [0.15, 0.2) is 36.8 Å². The first-order chi connectivity index (χ1) is 9.58. The third kappa shape index (κ3) is 3.23. The zero-order valence-electron chi connectivity index (χ0n) is 11.1. The largest absolute Gasteiger partial charge is 0.485 e. The first kappa shape index (κ1) is 13.8. The molecule has 0 saturated carbocycles. The van der Waals surface area contributed by atoms with Crippen molar-refractivity contribution in [2.45, 2.75) is 20.0 Å². The molecule has 2 rings (SSSR count). The minimum absolute atomic E-state index is 0.0150. The Labute approximate surface area is 116 Å². The highest BCUT2D eigenvalue weighted by atomic mass is 16.5. The number of carboxylic acid groups (broad SMARTS) is 1. The smallest absolute Gasteiger partial charge is 0.339 e. The van der Waals surface area contributed by atoms with Crippen LogP contribution >= 0.6 is 0 Å². The van der Waals surface area contributed by atoms with E-state index in [0.29, 0.717) is 5.75 Å². The van der Waals surface area contributed by atoms with Crippen molar-refractivity contribution < 1.29 is 19.4 Å². The molecule has 0 bridgehead atoms. The molecule has 0 aromatic carbocycles. The number of carboxylic acids is 1. The monoisotopic (exact) mass is 274 g/mol. The molecule has 20 heavy (non-hydrogen) atoms. The molecule has 0 unspecified atom stereocenters. The van der Waals surface area contributed by atoms with Crippen LogP contribution in [-0.4, -0.2) is 27.1 Å². The van der Waals surface area contributed by atoms with Crippen LogP contribution in [-0.2, 0) is 0 Å². The number of carbonyl (C=O) groups is 1. The second-order valence-electron chi connectivity index (χ2n) is 4.25. The average molecular weight is 274 g/mol. The van der Waals surface area contributed by atoms with E-state index in [0.717, 1.165) is 0 Å². The Bertz CT molecular complexity index is 614. The fraction of sp³-hybridized carbons (Fsp3) is 0.214. The van der Waals surface area contributed by atoms with Gasteiger partial charge in [0.05, 0.1) is 12.3 Å². The van der Waals surface area contributed by atoms with E-state index in [1.54, 1.807) is 18.3 Å². The summed E-state index contributed by atoms with van der Waals surface area (Å²) in [6.07, 6.45) is 4.21. The quantitative estimate of drug-likeness (QED) is 0.902. The molecule has 6 heteroatoms. The molecule has 6 nitrogen and oxygen atoms in total. The predicted octanol–water partition coefficient (Wildman–Crippen LogP) is 2.75. The van der Waals surface area contributed by atoms with Gasteiger partial charge in [-0.1, -0.05) is 0 Å². The van der Waals surface area contributed by atoms with Crippen LogP contribution in [0.1, 0.15) is 24.2 Å². The number of ether oxygens (including phenoxy) is 2. The summed E-state index contributed by atoms with van der Waals surface area (Å²) in [4.78, 5) is 19.0. The number of aromatic carboxylic acids is 1. The number of rotatable bonds is 5. The Kier molecular flexibility index (Phi) is 4.14. The van der Waals surface area contributed by atoms with Crippen LogP contribution in [0, 0.1) is 0 Å². The van der Waals surface area contributed by atoms with Crippen LogP contribution in [0.25, 0.3) is 0 Å². The van der Waals surface area contributed by atoms with Crippen LogP contribution in [0.5, 0.6) is 17.4 Å². The minimum Gasteiger partial charge on any atom is -0.485 e. The molecular weight excluding hydrogens is 260 g/mol. The van der Waals surface area contributed by atoms with Crippen LogP contribution < -0.4 is 9.47 Å². The van der Waals surface area contributed by atoms with Gasteiger partial charge in [0.2, 0.25) is 0 Å². The van der Waals surface area contributed by atoms with E-state index in [2.05, 4.69) is 9.97 Å². The lowest BCUT2D eigenvalue weighted by Gasteiger charge is -2.14. The molecule has 0 aliphatic carbocycles. The van der Waals surface area contributed by atoms with Crippen molar-refractivity contribution in [3.05, 3.63) is 42.4 Å². The van der Waals surface area contributed by atoms with Gasteiger partial charge in [0.25, 0.3) is 5.88 Å². The minimum atomic E-state index is -1.09. The average Bonchev–Trinajstić information content (AvgIpc) is 2.41. The van der Waals surface area contributed by atoms with Crippen LogP contribution in [0.4, 0.5) is 0 Å². The second-order valence-corrected chi connectivity index (χ2v) is 4.25. The molecule has 0 amide bonds. The molecule has 2 heterocycles. The van der Waals surface area contributed by atoms with Gasteiger partial charge >= 0.3 is 5.97 Å². The first-order valence-corrected chi connectivity index (χ1v) is 6.04. The van der Waals surface area contributed by atoms with E-state index in [9.17, 15) is 4.79 Å². The number of pyridine rings is 2. The highest BCUT2D eigenvalue weighted by Gasteiger charge is 2.15. The van der Waals surface area contributed by atoms with Crippen LogP contribution in [0.3, 0.4) is 0 Å². The third-order valence-corrected chi connectivity index (χ3v) is 2.32. The summed E-state index contributed by atoms with van der Waals surface area (Å²) in [5, 5.41) is 9.10. The topological polar surface area (TPSA) is 81.5 Å². The SMILES string of the molecule is CC(C)Oc1cccnc1Oc1cnccc1C(=O)O. The van der Waals surface area contributed by atoms with Gasteiger partial charge in [-0.25, -0.2) is 9.78 Å². The zero-order chi connectivity index (χ0) is 14.5. The second kappa shape index (κ2) is 6.01. The molecule has 0 radical (unpaired) electrons.